The Morgan fingerprint density at radius 1 is 1.09 bits per heavy atom. The van der Waals surface area contributed by atoms with Gasteiger partial charge in [-0.3, -0.25) is 4.98 Å². The number of fused-ring (bicyclic) bond motifs is 1. The van der Waals surface area contributed by atoms with Crippen LogP contribution in [0.1, 0.15) is 30.5 Å². The molecule has 1 aromatic carbocycles. The molecule has 0 radical (unpaired) electrons. The highest BCUT2D eigenvalue weighted by Gasteiger charge is 2.16. The summed E-state index contributed by atoms with van der Waals surface area (Å²) in [6.45, 7) is 2.67. The molecule has 0 atom stereocenters. The lowest BCUT2D eigenvalue weighted by Gasteiger charge is -2.25. The topological polar surface area (TPSA) is 89.2 Å². The van der Waals surface area contributed by atoms with E-state index in [9.17, 15) is 0 Å². The molecule has 2 N–H and O–H groups in total. The van der Waals surface area contributed by atoms with E-state index in [2.05, 4.69) is 54.8 Å². The minimum atomic E-state index is 0.659. The van der Waals surface area contributed by atoms with Crippen molar-refractivity contribution in [1.29, 1.82) is 0 Å². The number of aromatic nitrogens is 7. The summed E-state index contributed by atoms with van der Waals surface area (Å²) in [6, 6.07) is 10.8. The first-order valence-electron chi connectivity index (χ1n) is 11.5. The summed E-state index contributed by atoms with van der Waals surface area (Å²) in [6.07, 6.45) is 15.1. The lowest BCUT2D eigenvalue weighted by molar-refractivity contribution is 0.301. The van der Waals surface area contributed by atoms with Crippen molar-refractivity contribution in [3.05, 3.63) is 78.9 Å². The van der Waals surface area contributed by atoms with Gasteiger partial charge < -0.3 is 14.9 Å². The van der Waals surface area contributed by atoms with Crippen LogP contribution in [0.3, 0.4) is 0 Å². The molecule has 1 fully saturated rings. The third kappa shape index (κ3) is 4.29. The van der Waals surface area contributed by atoms with Crippen molar-refractivity contribution in [2.75, 3.05) is 6.54 Å². The number of nitrogens with zero attached hydrogens (tertiary/aromatic N) is 6. The number of hydrogen-bond acceptors (Lipinski definition) is 5. The average molecular weight is 439 g/mol. The smallest absolute Gasteiger partial charge is 0.114 e. The Morgan fingerprint density at radius 2 is 2.06 bits per heavy atom. The van der Waals surface area contributed by atoms with Gasteiger partial charge in [0.1, 0.15) is 5.69 Å². The molecule has 5 aromatic rings. The van der Waals surface area contributed by atoms with E-state index in [0.717, 1.165) is 41.5 Å². The van der Waals surface area contributed by atoms with E-state index in [1.54, 1.807) is 24.9 Å². The molecule has 8 heteroatoms. The predicted octanol–water partition coefficient (Wildman–Crippen LogP) is 3.95. The van der Waals surface area contributed by atoms with Crippen LogP contribution in [-0.4, -0.2) is 41.1 Å². The molecule has 6 rings (SSSR count). The van der Waals surface area contributed by atoms with Crippen molar-refractivity contribution in [3.8, 4) is 16.9 Å². The minimum absolute atomic E-state index is 0.659. The van der Waals surface area contributed by atoms with Gasteiger partial charge in [0.05, 0.1) is 31.0 Å². The molecule has 0 unspecified atom stereocenters. The van der Waals surface area contributed by atoms with E-state index in [-0.39, 0.29) is 0 Å². The van der Waals surface area contributed by atoms with Crippen LogP contribution in [-0.2, 0) is 13.1 Å². The van der Waals surface area contributed by atoms with Crippen LogP contribution in [0.15, 0.2) is 67.6 Å². The number of nitrogens with one attached hydrogen (secondary N) is 2. The average Bonchev–Trinajstić information content (AvgIpc) is 3.56. The summed E-state index contributed by atoms with van der Waals surface area (Å²) in [5, 5.41) is 13.5. The Morgan fingerprint density at radius 3 is 2.91 bits per heavy atom. The Bertz CT molecular complexity index is 1360. The molecule has 0 spiro atoms. The van der Waals surface area contributed by atoms with Crippen LogP contribution in [0.25, 0.3) is 27.8 Å². The normalized spacial score (nSPS) is 14.1. The van der Waals surface area contributed by atoms with Crippen LogP contribution in [0, 0.1) is 5.92 Å². The molecule has 0 saturated heterocycles. The molecule has 4 aromatic heterocycles. The maximum absolute atomic E-state index is 4.36. The van der Waals surface area contributed by atoms with Gasteiger partial charge in [0, 0.05) is 41.9 Å². The Labute approximate surface area is 191 Å². The minimum Gasteiger partial charge on any atom is -0.357 e. The molecule has 33 heavy (non-hydrogen) atoms. The van der Waals surface area contributed by atoms with Gasteiger partial charge >= 0.3 is 0 Å². The molecule has 1 aliphatic carbocycles. The predicted molar refractivity (Wildman–Crippen MR) is 127 cm³/mol. The fourth-order valence-corrected chi connectivity index (χ4v) is 4.35. The quantitative estimate of drug-likeness (QED) is 0.383. The molecule has 0 amide bonds. The molecule has 1 aliphatic rings. The van der Waals surface area contributed by atoms with E-state index in [1.807, 2.05) is 27.7 Å². The van der Waals surface area contributed by atoms with E-state index in [1.165, 1.54) is 35.9 Å². The van der Waals surface area contributed by atoms with E-state index in [0.29, 0.717) is 6.54 Å². The zero-order chi connectivity index (χ0) is 22.0. The van der Waals surface area contributed by atoms with Gasteiger partial charge in [-0.15, -0.1) is 5.10 Å². The molecule has 166 valence electrons. The monoisotopic (exact) mass is 438 g/mol. The number of rotatable bonds is 8. The van der Waals surface area contributed by atoms with E-state index in [4.69, 9.17) is 0 Å². The summed E-state index contributed by atoms with van der Waals surface area (Å²) in [5.41, 5.74) is 6.23. The van der Waals surface area contributed by atoms with Crippen LogP contribution in [0.4, 0.5) is 0 Å². The number of benzene rings is 1. The standard InChI is InChI=1S/C25H26N8/c1-2-18(3-1)11-27-13-22-9-20-5-4-19(8-24(20)29-22)15-33-16-25(30-31-33)21-10-23(14-28-12-21)32-7-6-26-17-32/h4-10,12,14,16-18,27,29H,1-3,11,13,15H2. The fourth-order valence-electron chi connectivity index (χ4n) is 4.35. The molecule has 0 aliphatic heterocycles. The molecule has 4 heterocycles. The summed E-state index contributed by atoms with van der Waals surface area (Å²) >= 11 is 0. The summed E-state index contributed by atoms with van der Waals surface area (Å²) in [7, 11) is 0. The highest BCUT2D eigenvalue weighted by atomic mass is 15.4. The van der Waals surface area contributed by atoms with Crippen LogP contribution < -0.4 is 5.32 Å². The van der Waals surface area contributed by atoms with Crippen molar-refractivity contribution in [2.24, 2.45) is 5.92 Å². The first-order chi connectivity index (χ1) is 16.3. The van der Waals surface area contributed by atoms with Crippen LogP contribution in [0.2, 0.25) is 0 Å². The Hall–Kier alpha value is -3.78. The number of H-pyrrole nitrogens is 1. The Balaban J connectivity index is 1.15. The number of imidazole rings is 1. The summed E-state index contributed by atoms with van der Waals surface area (Å²) in [4.78, 5) is 12.0. The van der Waals surface area contributed by atoms with Gasteiger partial charge in [0.25, 0.3) is 0 Å². The number of pyridine rings is 1. The van der Waals surface area contributed by atoms with Gasteiger partial charge in [-0.1, -0.05) is 23.8 Å². The van der Waals surface area contributed by atoms with Crippen LogP contribution >= 0.6 is 0 Å². The first-order valence-corrected chi connectivity index (χ1v) is 11.5. The number of aromatic amines is 1. The highest BCUT2D eigenvalue weighted by molar-refractivity contribution is 5.81. The van der Waals surface area contributed by atoms with Crippen molar-refractivity contribution >= 4 is 10.9 Å². The second-order valence-electron chi connectivity index (χ2n) is 8.85. The van der Waals surface area contributed by atoms with Gasteiger partial charge in [-0.25, -0.2) is 9.67 Å². The van der Waals surface area contributed by atoms with Gasteiger partial charge in [-0.05, 0) is 54.5 Å². The molecule has 8 nitrogen and oxygen atoms in total. The SMILES string of the molecule is c1cn(-c2cncc(-c3cn(Cc4ccc5cc(CNCC6CCC6)[nH]c5c4)nn3)c2)cn1. The molecule has 0 bridgehead atoms. The molecule has 1 saturated carbocycles. The lowest BCUT2D eigenvalue weighted by atomic mass is 9.85. The third-order valence-electron chi connectivity index (χ3n) is 6.42. The van der Waals surface area contributed by atoms with Crippen LogP contribution in [0.5, 0.6) is 0 Å². The zero-order valence-corrected chi connectivity index (χ0v) is 18.4. The van der Waals surface area contributed by atoms with Crippen molar-refractivity contribution in [2.45, 2.75) is 32.4 Å². The van der Waals surface area contributed by atoms with Crippen molar-refractivity contribution < 1.29 is 0 Å². The summed E-state index contributed by atoms with van der Waals surface area (Å²) < 4.78 is 3.79. The lowest BCUT2D eigenvalue weighted by Crippen LogP contribution is -2.26. The van der Waals surface area contributed by atoms with E-state index >= 15 is 0 Å². The highest BCUT2D eigenvalue weighted by Crippen LogP contribution is 2.25. The largest absolute Gasteiger partial charge is 0.357 e. The summed E-state index contributed by atoms with van der Waals surface area (Å²) in [5.74, 6) is 0.873. The maximum Gasteiger partial charge on any atom is 0.114 e. The van der Waals surface area contributed by atoms with Gasteiger partial charge in [0.15, 0.2) is 0 Å². The first kappa shape index (κ1) is 19.9. The second kappa shape index (κ2) is 8.63. The maximum atomic E-state index is 4.36. The zero-order valence-electron chi connectivity index (χ0n) is 18.4. The number of hydrogen-bond donors (Lipinski definition) is 2. The third-order valence-corrected chi connectivity index (χ3v) is 6.42. The molecular weight excluding hydrogens is 412 g/mol. The van der Waals surface area contributed by atoms with Crippen molar-refractivity contribution in [1.82, 2.24) is 39.8 Å². The Kier molecular flexibility index (Phi) is 5.20. The van der Waals surface area contributed by atoms with Gasteiger partial charge in [0.2, 0.25) is 0 Å². The molecular formula is C25H26N8. The second-order valence-corrected chi connectivity index (χ2v) is 8.85. The fraction of sp³-hybridized carbons (Fsp3) is 0.280. The van der Waals surface area contributed by atoms with Crippen molar-refractivity contribution in [3.63, 3.8) is 0 Å². The van der Waals surface area contributed by atoms with Gasteiger partial charge in [-0.2, -0.15) is 0 Å². The van der Waals surface area contributed by atoms with E-state index < -0.39 is 0 Å².